The van der Waals surface area contributed by atoms with Crippen LogP contribution < -0.4 is 4.90 Å². The first kappa shape index (κ1) is 25.1. The molecule has 8 nitrogen and oxygen atoms in total. The minimum absolute atomic E-state index is 0.0210. The summed E-state index contributed by atoms with van der Waals surface area (Å²) >= 11 is 7.69. The van der Waals surface area contributed by atoms with E-state index in [1.165, 1.54) is 0 Å². The van der Waals surface area contributed by atoms with E-state index < -0.39 is 5.97 Å². The number of carbonyl (C=O) groups excluding carboxylic acids is 1. The van der Waals surface area contributed by atoms with Crippen molar-refractivity contribution in [3.8, 4) is 11.3 Å². The lowest BCUT2D eigenvalue weighted by molar-refractivity contribution is -0.137. The monoisotopic (exact) mass is 535 g/mol. The van der Waals surface area contributed by atoms with Crippen LogP contribution in [0.1, 0.15) is 35.3 Å². The third kappa shape index (κ3) is 5.89. The van der Waals surface area contributed by atoms with Crippen LogP contribution in [0.4, 0.5) is 5.13 Å². The molecule has 190 valence electrons. The van der Waals surface area contributed by atoms with Gasteiger partial charge < -0.3 is 14.9 Å². The summed E-state index contributed by atoms with van der Waals surface area (Å²) in [4.78, 5) is 42.4. The second-order valence-electron chi connectivity index (χ2n) is 8.92. The number of hydrogen-bond donors (Lipinski definition) is 1. The molecule has 37 heavy (non-hydrogen) atoms. The number of fused-ring (bicyclic) bond motifs is 1. The topological polar surface area (TPSA) is 99.5 Å². The molecule has 1 aliphatic heterocycles. The molecule has 1 fully saturated rings. The van der Waals surface area contributed by atoms with Gasteiger partial charge in [-0.15, -0.1) is 11.3 Å². The standard InChI is InChI=1S/C27H26ClN5O3S/c28-20-8-5-18(6-9-20)25-22(3-1-2-4-24(34)35)30-23-17-19(7-10-21(23)31-25)26(36)32-12-14-33(15-13-32)27-29-11-16-37-27/h5-11,16-17H,1-4,12-15H2,(H,34,35). The van der Waals surface area contributed by atoms with Crippen LogP contribution in [0.5, 0.6) is 0 Å². The number of nitrogens with zero attached hydrogens (tertiary/aromatic N) is 5. The van der Waals surface area contributed by atoms with E-state index in [-0.39, 0.29) is 12.3 Å². The SMILES string of the molecule is O=C(O)CCCCc1nc2cc(C(=O)N3CCN(c4nccs4)CC3)ccc2nc1-c1ccc(Cl)cc1. The molecule has 0 unspecified atom stereocenters. The van der Waals surface area contributed by atoms with Crippen LogP contribution in [0.25, 0.3) is 22.3 Å². The number of aryl methyl sites for hydroxylation is 1. The van der Waals surface area contributed by atoms with Crippen molar-refractivity contribution in [2.24, 2.45) is 0 Å². The number of hydrogen-bond acceptors (Lipinski definition) is 7. The maximum absolute atomic E-state index is 13.3. The number of piperazine rings is 1. The third-order valence-corrected chi connectivity index (χ3v) is 7.50. The van der Waals surface area contributed by atoms with Crippen molar-refractivity contribution in [1.82, 2.24) is 19.9 Å². The van der Waals surface area contributed by atoms with Crippen molar-refractivity contribution < 1.29 is 14.7 Å². The van der Waals surface area contributed by atoms with Crippen molar-refractivity contribution >= 4 is 51.0 Å². The van der Waals surface area contributed by atoms with Crippen LogP contribution in [0.3, 0.4) is 0 Å². The average molecular weight is 536 g/mol. The molecule has 3 heterocycles. The molecular weight excluding hydrogens is 510 g/mol. The largest absolute Gasteiger partial charge is 0.481 e. The number of unbranched alkanes of at least 4 members (excludes halogenated alkanes) is 1. The van der Waals surface area contributed by atoms with E-state index in [9.17, 15) is 9.59 Å². The van der Waals surface area contributed by atoms with Gasteiger partial charge in [0.05, 0.1) is 22.4 Å². The highest BCUT2D eigenvalue weighted by Gasteiger charge is 2.24. The maximum atomic E-state index is 13.3. The molecule has 4 aromatic rings. The normalized spacial score (nSPS) is 13.8. The Morgan fingerprint density at radius 1 is 0.973 bits per heavy atom. The fourth-order valence-corrected chi connectivity index (χ4v) is 5.28. The van der Waals surface area contributed by atoms with Gasteiger partial charge in [-0.3, -0.25) is 9.59 Å². The Bertz CT molecular complexity index is 1400. The van der Waals surface area contributed by atoms with Crippen LogP contribution in [0, 0.1) is 0 Å². The highest BCUT2D eigenvalue weighted by Crippen LogP contribution is 2.27. The van der Waals surface area contributed by atoms with Gasteiger partial charge in [0.15, 0.2) is 5.13 Å². The number of halogens is 1. The summed E-state index contributed by atoms with van der Waals surface area (Å²) in [6.45, 7) is 2.76. The molecule has 2 aromatic carbocycles. The van der Waals surface area contributed by atoms with E-state index in [4.69, 9.17) is 26.7 Å². The van der Waals surface area contributed by atoms with Crippen LogP contribution >= 0.6 is 22.9 Å². The fraction of sp³-hybridized carbons (Fsp3) is 0.296. The van der Waals surface area contributed by atoms with Crippen LogP contribution in [-0.2, 0) is 11.2 Å². The van der Waals surface area contributed by atoms with Gasteiger partial charge in [0.25, 0.3) is 5.91 Å². The predicted octanol–water partition coefficient (Wildman–Crippen LogP) is 5.17. The summed E-state index contributed by atoms with van der Waals surface area (Å²) in [5, 5.41) is 12.6. The zero-order valence-electron chi connectivity index (χ0n) is 20.1. The Kier molecular flexibility index (Phi) is 7.62. The highest BCUT2D eigenvalue weighted by molar-refractivity contribution is 7.13. The Labute approximate surface area is 223 Å². The smallest absolute Gasteiger partial charge is 0.303 e. The van der Waals surface area contributed by atoms with Crippen molar-refractivity contribution in [1.29, 1.82) is 0 Å². The molecule has 0 aliphatic carbocycles. The van der Waals surface area contributed by atoms with Crippen LogP contribution in [0.2, 0.25) is 5.02 Å². The van der Waals surface area contributed by atoms with Crippen molar-refractivity contribution in [2.45, 2.75) is 25.7 Å². The van der Waals surface area contributed by atoms with Crippen LogP contribution in [0.15, 0.2) is 54.0 Å². The van der Waals surface area contributed by atoms with Gasteiger partial charge in [-0.25, -0.2) is 15.0 Å². The molecule has 2 aromatic heterocycles. The molecule has 0 bridgehead atoms. The molecule has 0 atom stereocenters. The molecule has 1 aliphatic rings. The van der Waals surface area contributed by atoms with Gasteiger partial charge in [-0.2, -0.15) is 0 Å². The summed E-state index contributed by atoms with van der Waals surface area (Å²) in [5.41, 5.74) is 4.35. The second-order valence-corrected chi connectivity index (χ2v) is 10.2. The van der Waals surface area contributed by atoms with Gasteiger partial charge in [0.1, 0.15) is 0 Å². The summed E-state index contributed by atoms with van der Waals surface area (Å²) < 4.78 is 0. The Hall–Kier alpha value is -3.56. The average Bonchev–Trinajstić information content (AvgIpc) is 3.46. The van der Waals surface area contributed by atoms with Gasteiger partial charge in [-0.1, -0.05) is 23.7 Å². The first-order valence-electron chi connectivity index (χ1n) is 12.2. The van der Waals surface area contributed by atoms with E-state index in [0.29, 0.717) is 54.0 Å². The highest BCUT2D eigenvalue weighted by atomic mass is 35.5. The Morgan fingerprint density at radius 3 is 2.46 bits per heavy atom. The summed E-state index contributed by atoms with van der Waals surface area (Å²) in [6, 6.07) is 12.9. The molecule has 1 amide bonds. The number of rotatable bonds is 8. The Balaban J connectivity index is 1.38. The first-order valence-corrected chi connectivity index (χ1v) is 13.5. The second kappa shape index (κ2) is 11.2. The zero-order chi connectivity index (χ0) is 25.8. The van der Waals surface area contributed by atoms with Crippen molar-refractivity contribution in [3.05, 3.63) is 70.3 Å². The van der Waals surface area contributed by atoms with Crippen molar-refractivity contribution in [2.75, 3.05) is 31.1 Å². The maximum Gasteiger partial charge on any atom is 0.303 e. The number of aliphatic carboxylic acids is 1. The summed E-state index contributed by atoms with van der Waals surface area (Å²) in [7, 11) is 0. The molecule has 1 N–H and O–H groups in total. The number of carboxylic acids is 1. The molecule has 0 spiro atoms. The lowest BCUT2D eigenvalue weighted by Gasteiger charge is -2.34. The number of benzene rings is 2. The number of anilines is 1. The molecular formula is C27H26ClN5O3S. The molecule has 0 saturated carbocycles. The first-order chi connectivity index (χ1) is 18.0. The van der Waals surface area contributed by atoms with Crippen LogP contribution in [-0.4, -0.2) is 63.0 Å². The quantitative estimate of drug-likeness (QED) is 0.311. The fourth-order valence-electron chi connectivity index (χ4n) is 4.46. The number of aromatic nitrogens is 3. The number of carbonyl (C=O) groups is 2. The minimum atomic E-state index is -0.807. The minimum Gasteiger partial charge on any atom is -0.481 e. The molecule has 10 heteroatoms. The number of amides is 1. The molecule has 1 saturated heterocycles. The van der Waals surface area contributed by atoms with E-state index in [1.807, 2.05) is 52.7 Å². The zero-order valence-corrected chi connectivity index (χ0v) is 21.7. The predicted molar refractivity (Wildman–Crippen MR) is 145 cm³/mol. The summed E-state index contributed by atoms with van der Waals surface area (Å²) in [6.07, 6.45) is 3.74. The van der Waals surface area contributed by atoms with Gasteiger partial charge in [0.2, 0.25) is 0 Å². The van der Waals surface area contributed by atoms with E-state index in [1.54, 1.807) is 17.5 Å². The van der Waals surface area contributed by atoms with Gasteiger partial charge >= 0.3 is 5.97 Å². The number of thiazole rings is 1. The number of carboxylic acid groups (broad SMARTS) is 1. The third-order valence-electron chi connectivity index (χ3n) is 6.41. The van der Waals surface area contributed by atoms with Gasteiger partial charge in [0, 0.05) is 60.3 Å². The summed E-state index contributed by atoms with van der Waals surface area (Å²) in [5.74, 6) is -0.828. The molecule has 5 rings (SSSR count). The Morgan fingerprint density at radius 2 is 1.76 bits per heavy atom. The lowest BCUT2D eigenvalue weighted by Crippen LogP contribution is -2.48. The van der Waals surface area contributed by atoms with E-state index >= 15 is 0 Å². The van der Waals surface area contributed by atoms with E-state index in [0.717, 1.165) is 35.2 Å². The molecule has 0 radical (unpaired) electrons. The van der Waals surface area contributed by atoms with Gasteiger partial charge in [-0.05, 0) is 49.6 Å². The van der Waals surface area contributed by atoms with E-state index in [2.05, 4.69) is 9.88 Å². The van der Waals surface area contributed by atoms with Crippen molar-refractivity contribution in [3.63, 3.8) is 0 Å². The lowest BCUT2D eigenvalue weighted by atomic mass is 10.0.